The summed E-state index contributed by atoms with van der Waals surface area (Å²) in [4.78, 5) is 11.1. The largest absolute Gasteiger partial charge is 0.507 e. The van der Waals surface area contributed by atoms with Crippen molar-refractivity contribution in [1.29, 1.82) is 0 Å². The monoisotopic (exact) mass is 266 g/mol. The van der Waals surface area contributed by atoms with Gasteiger partial charge in [0.1, 0.15) is 11.5 Å². The molecule has 0 spiro atoms. The Labute approximate surface area is 109 Å². The van der Waals surface area contributed by atoms with Crippen molar-refractivity contribution in [1.82, 2.24) is 0 Å². The Bertz CT molecular complexity index is 574. The van der Waals surface area contributed by atoms with Gasteiger partial charge in [-0.2, -0.15) is 0 Å². The molecule has 0 bridgehead atoms. The molecule has 0 unspecified atom stereocenters. The molecule has 1 N–H and O–H groups in total. The van der Waals surface area contributed by atoms with Crippen LogP contribution in [0.5, 0.6) is 11.5 Å². The lowest BCUT2D eigenvalue weighted by molar-refractivity contribution is -0.140. The maximum atomic E-state index is 11.1. The second kappa shape index (κ2) is 5.27. The summed E-state index contributed by atoms with van der Waals surface area (Å²) in [6.07, 6.45) is 0.670. The van der Waals surface area contributed by atoms with Gasteiger partial charge in [0.05, 0.1) is 18.9 Å². The maximum absolute atomic E-state index is 11.1. The van der Waals surface area contributed by atoms with Gasteiger partial charge in [0.2, 0.25) is 0 Å². The van der Waals surface area contributed by atoms with Gasteiger partial charge in [-0.1, -0.05) is 0 Å². The molecular weight excluding hydrogens is 252 g/mol. The van der Waals surface area contributed by atoms with Gasteiger partial charge in [-0.3, -0.25) is 4.79 Å². The third-order valence-electron chi connectivity index (χ3n) is 2.80. The number of fused-ring (bicyclic) bond motifs is 1. The minimum atomic E-state index is -0.293. The number of aromatic hydroxyl groups is 1. The molecule has 18 heavy (non-hydrogen) atoms. The molecule has 0 amide bonds. The van der Waals surface area contributed by atoms with E-state index in [1.54, 1.807) is 13.2 Å². The van der Waals surface area contributed by atoms with Crippen molar-refractivity contribution < 1.29 is 19.4 Å². The lowest BCUT2D eigenvalue weighted by Crippen LogP contribution is -2.02. The first-order valence-electron chi connectivity index (χ1n) is 5.50. The molecule has 0 saturated carbocycles. The van der Waals surface area contributed by atoms with E-state index in [0.29, 0.717) is 12.0 Å². The summed E-state index contributed by atoms with van der Waals surface area (Å²) >= 11 is 1.51. The van der Waals surface area contributed by atoms with Gasteiger partial charge in [0.15, 0.2) is 0 Å². The molecule has 0 aliphatic heterocycles. The first-order chi connectivity index (χ1) is 8.67. The number of ether oxygens (including phenoxy) is 2. The minimum absolute atomic E-state index is 0.218. The molecule has 5 heteroatoms. The fourth-order valence-corrected chi connectivity index (χ4v) is 2.72. The SMILES string of the molecule is COC(=O)CCc1cc(OC)c2sccc2c1O. The maximum Gasteiger partial charge on any atom is 0.305 e. The molecule has 2 aromatic rings. The van der Waals surface area contributed by atoms with E-state index in [-0.39, 0.29) is 18.1 Å². The Morgan fingerprint density at radius 3 is 2.89 bits per heavy atom. The number of hydrogen-bond acceptors (Lipinski definition) is 5. The van der Waals surface area contributed by atoms with Crippen LogP contribution in [-0.4, -0.2) is 25.3 Å². The molecule has 0 atom stereocenters. The Kier molecular flexibility index (Phi) is 3.72. The van der Waals surface area contributed by atoms with Crippen molar-refractivity contribution >= 4 is 27.4 Å². The highest BCUT2D eigenvalue weighted by Gasteiger charge is 2.14. The van der Waals surface area contributed by atoms with Crippen molar-refractivity contribution in [3.8, 4) is 11.5 Å². The number of methoxy groups -OCH3 is 2. The highest BCUT2D eigenvalue weighted by molar-refractivity contribution is 7.17. The summed E-state index contributed by atoms with van der Waals surface area (Å²) in [6.45, 7) is 0. The highest BCUT2D eigenvalue weighted by Crippen LogP contribution is 2.39. The molecule has 96 valence electrons. The Balaban J connectivity index is 2.38. The Morgan fingerprint density at radius 2 is 2.22 bits per heavy atom. The van der Waals surface area contributed by atoms with Crippen LogP contribution in [-0.2, 0) is 16.0 Å². The summed E-state index contributed by atoms with van der Waals surface area (Å²) in [5, 5.41) is 12.8. The van der Waals surface area contributed by atoms with E-state index in [2.05, 4.69) is 4.74 Å². The first-order valence-corrected chi connectivity index (χ1v) is 6.38. The molecule has 0 fully saturated rings. The summed E-state index contributed by atoms with van der Waals surface area (Å²) in [5.41, 5.74) is 0.697. The molecule has 4 nitrogen and oxygen atoms in total. The van der Waals surface area contributed by atoms with E-state index >= 15 is 0 Å². The van der Waals surface area contributed by atoms with E-state index < -0.39 is 0 Å². The van der Waals surface area contributed by atoms with Crippen LogP contribution in [0.2, 0.25) is 0 Å². The molecule has 0 saturated heterocycles. The summed E-state index contributed by atoms with van der Waals surface area (Å²) in [5.74, 6) is 0.646. The first kappa shape index (κ1) is 12.7. The normalized spacial score (nSPS) is 10.6. The number of benzene rings is 1. The Hall–Kier alpha value is -1.75. The molecular formula is C13H14O4S. The lowest BCUT2D eigenvalue weighted by atomic mass is 10.1. The predicted molar refractivity (Wildman–Crippen MR) is 70.4 cm³/mol. The van der Waals surface area contributed by atoms with Gasteiger partial charge in [-0.15, -0.1) is 11.3 Å². The number of aryl methyl sites for hydroxylation is 1. The van der Waals surface area contributed by atoms with Crippen LogP contribution in [0.1, 0.15) is 12.0 Å². The summed E-state index contributed by atoms with van der Waals surface area (Å²) in [7, 11) is 2.94. The Morgan fingerprint density at radius 1 is 1.44 bits per heavy atom. The van der Waals surface area contributed by atoms with Crippen molar-refractivity contribution in [2.75, 3.05) is 14.2 Å². The van der Waals surface area contributed by atoms with Crippen LogP contribution in [0.4, 0.5) is 0 Å². The van der Waals surface area contributed by atoms with Crippen LogP contribution in [0.3, 0.4) is 0 Å². The van der Waals surface area contributed by atoms with Gasteiger partial charge in [0, 0.05) is 11.8 Å². The molecule has 2 rings (SSSR count). The average molecular weight is 266 g/mol. The minimum Gasteiger partial charge on any atom is -0.507 e. The summed E-state index contributed by atoms with van der Waals surface area (Å²) < 4.78 is 10.8. The van der Waals surface area contributed by atoms with Crippen molar-refractivity contribution in [3.05, 3.63) is 23.1 Å². The number of hydrogen-bond donors (Lipinski definition) is 1. The molecule has 0 aliphatic rings. The highest BCUT2D eigenvalue weighted by atomic mass is 32.1. The number of phenols is 1. The van der Waals surface area contributed by atoms with E-state index in [0.717, 1.165) is 15.8 Å². The number of esters is 1. The zero-order valence-electron chi connectivity index (χ0n) is 10.2. The van der Waals surface area contributed by atoms with Gasteiger partial charge in [0.25, 0.3) is 0 Å². The molecule has 0 radical (unpaired) electrons. The standard InChI is InChI=1S/C13H14O4S/c1-16-10-7-8(3-4-11(14)17-2)12(15)9-5-6-18-13(9)10/h5-7,15H,3-4H2,1-2H3. The van der Waals surface area contributed by atoms with E-state index in [9.17, 15) is 9.90 Å². The molecule has 1 aromatic carbocycles. The quantitative estimate of drug-likeness (QED) is 0.864. The summed E-state index contributed by atoms with van der Waals surface area (Å²) in [6, 6.07) is 3.62. The van der Waals surface area contributed by atoms with Gasteiger partial charge < -0.3 is 14.6 Å². The number of carbonyl (C=O) groups excluding carboxylic acids is 1. The van der Waals surface area contributed by atoms with Gasteiger partial charge >= 0.3 is 5.97 Å². The number of carbonyl (C=O) groups is 1. The van der Waals surface area contributed by atoms with Crippen LogP contribution < -0.4 is 4.74 Å². The van der Waals surface area contributed by atoms with Gasteiger partial charge in [-0.25, -0.2) is 0 Å². The predicted octanol–water partition coefficient (Wildman–Crippen LogP) is 2.72. The third-order valence-corrected chi connectivity index (χ3v) is 3.73. The van der Waals surface area contributed by atoms with Gasteiger partial charge in [-0.05, 0) is 29.5 Å². The topological polar surface area (TPSA) is 55.8 Å². The van der Waals surface area contributed by atoms with Crippen molar-refractivity contribution in [3.63, 3.8) is 0 Å². The zero-order chi connectivity index (χ0) is 13.1. The van der Waals surface area contributed by atoms with E-state index in [1.165, 1.54) is 18.4 Å². The average Bonchev–Trinajstić information content (AvgIpc) is 2.87. The molecule has 1 aromatic heterocycles. The zero-order valence-corrected chi connectivity index (χ0v) is 11.0. The van der Waals surface area contributed by atoms with Crippen LogP contribution in [0, 0.1) is 0 Å². The molecule has 0 aliphatic carbocycles. The number of phenolic OH excluding ortho intramolecular Hbond substituents is 1. The van der Waals surface area contributed by atoms with Crippen molar-refractivity contribution in [2.45, 2.75) is 12.8 Å². The van der Waals surface area contributed by atoms with Crippen LogP contribution in [0.15, 0.2) is 17.5 Å². The van der Waals surface area contributed by atoms with E-state index in [4.69, 9.17) is 4.74 Å². The lowest BCUT2D eigenvalue weighted by Gasteiger charge is -2.09. The second-order valence-corrected chi connectivity index (χ2v) is 4.74. The third kappa shape index (κ3) is 2.26. The van der Waals surface area contributed by atoms with Crippen molar-refractivity contribution in [2.24, 2.45) is 0 Å². The smallest absolute Gasteiger partial charge is 0.305 e. The fourth-order valence-electron chi connectivity index (χ4n) is 1.83. The van der Waals surface area contributed by atoms with E-state index in [1.807, 2.05) is 11.4 Å². The van der Waals surface area contributed by atoms with Crippen LogP contribution >= 0.6 is 11.3 Å². The fraction of sp³-hybridized carbons (Fsp3) is 0.308. The van der Waals surface area contributed by atoms with Crippen LogP contribution in [0.25, 0.3) is 10.1 Å². The second-order valence-electron chi connectivity index (χ2n) is 3.83. The number of rotatable bonds is 4. The molecule has 1 heterocycles. The number of thiophene rings is 1.